The predicted molar refractivity (Wildman–Crippen MR) is 103 cm³/mol. The van der Waals surface area contributed by atoms with Gasteiger partial charge in [0.25, 0.3) is 0 Å². The fourth-order valence-electron chi connectivity index (χ4n) is 2.28. The van der Waals surface area contributed by atoms with Crippen molar-refractivity contribution in [1.82, 2.24) is 14.9 Å². The van der Waals surface area contributed by atoms with Crippen molar-refractivity contribution in [2.24, 2.45) is 5.10 Å². The Morgan fingerprint density at radius 3 is 2.77 bits per heavy atom. The Labute approximate surface area is 156 Å². The number of methoxy groups -OCH3 is 1. The molecule has 26 heavy (non-hydrogen) atoms. The first-order valence-electron chi connectivity index (χ1n) is 8.22. The molecule has 2 aromatic carbocycles. The SMILES string of the molecule is CCOc1ccc(/C=N/n2cnnc2SCc2ccccc2)cc1OC. The van der Waals surface area contributed by atoms with E-state index in [9.17, 15) is 0 Å². The maximum atomic E-state index is 5.53. The molecule has 6 nitrogen and oxygen atoms in total. The van der Waals surface area contributed by atoms with Crippen LogP contribution in [0.5, 0.6) is 11.5 Å². The summed E-state index contributed by atoms with van der Waals surface area (Å²) in [6.45, 7) is 2.53. The van der Waals surface area contributed by atoms with E-state index >= 15 is 0 Å². The zero-order chi connectivity index (χ0) is 18.2. The van der Waals surface area contributed by atoms with Gasteiger partial charge in [0, 0.05) is 5.75 Å². The molecule has 0 aliphatic carbocycles. The lowest BCUT2D eigenvalue weighted by Crippen LogP contribution is -1.97. The summed E-state index contributed by atoms with van der Waals surface area (Å²) < 4.78 is 12.6. The Bertz CT molecular complexity index is 865. The predicted octanol–water partition coefficient (Wildman–Crippen LogP) is 3.86. The fourth-order valence-corrected chi connectivity index (χ4v) is 3.10. The van der Waals surface area contributed by atoms with Crippen LogP contribution in [-0.2, 0) is 5.75 Å². The second-order valence-electron chi connectivity index (χ2n) is 5.32. The average Bonchev–Trinajstić information content (AvgIpc) is 3.14. The maximum Gasteiger partial charge on any atom is 0.212 e. The highest BCUT2D eigenvalue weighted by Gasteiger charge is 2.06. The standard InChI is InChI=1S/C19H20N4O2S/c1-3-25-17-10-9-16(11-18(17)24-2)12-21-23-14-20-22-19(23)26-13-15-7-5-4-6-8-15/h4-12,14H,3,13H2,1-2H3/b21-12+. The third-order valence-electron chi connectivity index (χ3n) is 3.53. The van der Waals surface area contributed by atoms with Gasteiger partial charge in [-0.15, -0.1) is 10.2 Å². The van der Waals surface area contributed by atoms with Gasteiger partial charge in [0.2, 0.25) is 5.16 Å². The highest BCUT2D eigenvalue weighted by atomic mass is 32.2. The first-order chi connectivity index (χ1) is 12.8. The molecule has 3 rings (SSSR count). The Balaban J connectivity index is 1.70. The van der Waals surface area contributed by atoms with E-state index in [1.54, 1.807) is 36.1 Å². The van der Waals surface area contributed by atoms with Gasteiger partial charge < -0.3 is 9.47 Å². The summed E-state index contributed by atoms with van der Waals surface area (Å²) >= 11 is 1.59. The molecule has 0 bridgehead atoms. The lowest BCUT2D eigenvalue weighted by Gasteiger charge is -2.09. The number of hydrogen-bond donors (Lipinski definition) is 0. The zero-order valence-corrected chi connectivity index (χ0v) is 15.5. The lowest BCUT2D eigenvalue weighted by molar-refractivity contribution is 0.311. The Hall–Kier alpha value is -2.80. The van der Waals surface area contributed by atoms with Crippen molar-refractivity contribution in [2.45, 2.75) is 17.8 Å². The van der Waals surface area contributed by atoms with Crippen molar-refractivity contribution in [3.63, 3.8) is 0 Å². The van der Waals surface area contributed by atoms with Crippen LogP contribution in [-0.4, -0.2) is 34.8 Å². The molecule has 1 heterocycles. The van der Waals surface area contributed by atoms with Crippen LogP contribution in [0.15, 0.2) is 65.1 Å². The molecule has 0 spiro atoms. The van der Waals surface area contributed by atoms with Crippen LogP contribution in [0.2, 0.25) is 0 Å². The maximum absolute atomic E-state index is 5.53. The van der Waals surface area contributed by atoms with Crippen LogP contribution >= 0.6 is 11.8 Å². The molecule has 3 aromatic rings. The summed E-state index contributed by atoms with van der Waals surface area (Å²) in [6.07, 6.45) is 3.34. The van der Waals surface area contributed by atoms with E-state index in [1.807, 2.05) is 43.3 Å². The third-order valence-corrected chi connectivity index (χ3v) is 4.53. The number of ether oxygens (including phenoxy) is 2. The lowest BCUT2D eigenvalue weighted by atomic mass is 10.2. The van der Waals surface area contributed by atoms with E-state index in [1.165, 1.54) is 5.56 Å². The fraction of sp³-hybridized carbons (Fsp3) is 0.211. The first-order valence-corrected chi connectivity index (χ1v) is 9.20. The van der Waals surface area contributed by atoms with Gasteiger partial charge in [-0.1, -0.05) is 42.1 Å². The van der Waals surface area contributed by atoms with E-state index in [0.717, 1.165) is 22.2 Å². The van der Waals surface area contributed by atoms with Crippen LogP contribution in [0.25, 0.3) is 0 Å². The van der Waals surface area contributed by atoms with Crippen LogP contribution in [0.4, 0.5) is 0 Å². The highest BCUT2D eigenvalue weighted by molar-refractivity contribution is 7.98. The Morgan fingerprint density at radius 1 is 1.15 bits per heavy atom. The van der Waals surface area contributed by atoms with E-state index in [2.05, 4.69) is 27.4 Å². The van der Waals surface area contributed by atoms with Gasteiger partial charge in [-0.2, -0.15) is 9.78 Å². The Kier molecular flexibility index (Phi) is 6.27. The molecule has 0 saturated carbocycles. The summed E-state index contributed by atoms with van der Waals surface area (Å²) in [7, 11) is 1.62. The quantitative estimate of drug-likeness (QED) is 0.446. The number of aromatic nitrogens is 3. The summed E-state index contributed by atoms with van der Waals surface area (Å²) in [5.74, 6) is 2.21. The molecule has 0 saturated heterocycles. The molecule has 0 N–H and O–H groups in total. The molecule has 0 radical (unpaired) electrons. The average molecular weight is 368 g/mol. The topological polar surface area (TPSA) is 61.5 Å². The smallest absolute Gasteiger partial charge is 0.212 e. The molecule has 0 fully saturated rings. The van der Waals surface area contributed by atoms with Crippen LogP contribution in [0.1, 0.15) is 18.1 Å². The monoisotopic (exact) mass is 368 g/mol. The molecule has 0 aliphatic rings. The van der Waals surface area contributed by atoms with E-state index in [-0.39, 0.29) is 0 Å². The summed E-state index contributed by atoms with van der Waals surface area (Å²) in [6, 6.07) is 15.9. The number of hydrogen-bond acceptors (Lipinski definition) is 6. The summed E-state index contributed by atoms with van der Waals surface area (Å²) in [5.41, 5.74) is 2.13. The number of thioether (sulfide) groups is 1. The van der Waals surface area contributed by atoms with E-state index in [4.69, 9.17) is 9.47 Å². The van der Waals surface area contributed by atoms with Gasteiger partial charge in [-0.25, -0.2) is 0 Å². The molecular formula is C19H20N4O2S. The largest absolute Gasteiger partial charge is 0.493 e. The highest BCUT2D eigenvalue weighted by Crippen LogP contribution is 2.27. The number of nitrogens with zero attached hydrogens (tertiary/aromatic N) is 4. The second kappa shape index (κ2) is 9.05. The third kappa shape index (κ3) is 4.64. The first kappa shape index (κ1) is 18.0. The molecule has 134 valence electrons. The summed E-state index contributed by atoms with van der Waals surface area (Å²) in [4.78, 5) is 0. The van der Waals surface area contributed by atoms with Crippen molar-refractivity contribution in [2.75, 3.05) is 13.7 Å². The van der Waals surface area contributed by atoms with E-state index < -0.39 is 0 Å². The van der Waals surface area contributed by atoms with Gasteiger partial charge in [0.05, 0.1) is 19.9 Å². The van der Waals surface area contributed by atoms with Crippen molar-refractivity contribution in [1.29, 1.82) is 0 Å². The van der Waals surface area contributed by atoms with E-state index in [0.29, 0.717) is 12.4 Å². The molecule has 0 amide bonds. The number of benzene rings is 2. The molecule has 7 heteroatoms. The zero-order valence-electron chi connectivity index (χ0n) is 14.7. The molecular weight excluding hydrogens is 348 g/mol. The van der Waals surface area contributed by atoms with Gasteiger partial charge in [-0.3, -0.25) is 0 Å². The Morgan fingerprint density at radius 2 is 2.00 bits per heavy atom. The molecule has 0 unspecified atom stereocenters. The normalized spacial score (nSPS) is 11.0. The minimum absolute atomic E-state index is 0.590. The van der Waals surface area contributed by atoms with Crippen LogP contribution in [0.3, 0.4) is 0 Å². The van der Waals surface area contributed by atoms with Gasteiger partial charge in [0.15, 0.2) is 11.5 Å². The minimum Gasteiger partial charge on any atom is -0.493 e. The van der Waals surface area contributed by atoms with Gasteiger partial charge >= 0.3 is 0 Å². The van der Waals surface area contributed by atoms with Crippen molar-refractivity contribution >= 4 is 18.0 Å². The van der Waals surface area contributed by atoms with Crippen LogP contribution in [0, 0.1) is 0 Å². The molecule has 0 aliphatic heterocycles. The number of rotatable bonds is 8. The van der Waals surface area contributed by atoms with Gasteiger partial charge in [0.1, 0.15) is 6.33 Å². The second-order valence-corrected chi connectivity index (χ2v) is 6.26. The van der Waals surface area contributed by atoms with Crippen LogP contribution < -0.4 is 9.47 Å². The molecule has 1 aromatic heterocycles. The van der Waals surface area contributed by atoms with Gasteiger partial charge in [-0.05, 0) is 36.2 Å². The van der Waals surface area contributed by atoms with Crippen molar-refractivity contribution in [3.8, 4) is 11.5 Å². The minimum atomic E-state index is 0.590. The summed E-state index contributed by atoms with van der Waals surface area (Å²) in [5, 5.41) is 13.3. The van der Waals surface area contributed by atoms with Crippen molar-refractivity contribution < 1.29 is 9.47 Å². The molecule has 0 atom stereocenters. The van der Waals surface area contributed by atoms with Crippen molar-refractivity contribution in [3.05, 3.63) is 66.0 Å².